The minimum atomic E-state index is 0.0269. The number of hydrogen-bond donors (Lipinski definition) is 2. The Labute approximate surface area is 115 Å². The molecule has 1 heterocycles. The van der Waals surface area contributed by atoms with Crippen LogP contribution in [0.25, 0.3) is 0 Å². The van der Waals surface area contributed by atoms with Gasteiger partial charge in [0.25, 0.3) is 0 Å². The average Bonchev–Trinajstić information content (AvgIpc) is 2.37. The first-order valence-corrected chi connectivity index (χ1v) is 6.95. The molecule has 1 aromatic heterocycles. The largest absolute Gasteiger partial charge is 0.330 e. The fourth-order valence-electron chi connectivity index (χ4n) is 2.09. The molecule has 1 unspecified atom stereocenters. The van der Waals surface area contributed by atoms with Crippen LogP contribution in [0.3, 0.4) is 0 Å². The maximum Gasteiger partial charge on any atom is 0.225 e. The summed E-state index contributed by atoms with van der Waals surface area (Å²) < 4.78 is 0. The predicted octanol–water partition coefficient (Wildman–Crippen LogP) is 2.73. The molecule has 1 rings (SSSR count). The second-order valence-corrected chi connectivity index (χ2v) is 5.39. The molecule has 0 saturated heterocycles. The molecule has 0 bridgehead atoms. The molecule has 19 heavy (non-hydrogen) atoms. The summed E-state index contributed by atoms with van der Waals surface area (Å²) in [5.74, 6) is 1.73. The molecule has 0 aliphatic rings. The summed E-state index contributed by atoms with van der Waals surface area (Å²) in [5.41, 5.74) is 6.68. The number of nitrogens with two attached hydrogens (primary N) is 1. The van der Waals surface area contributed by atoms with E-state index in [0.29, 0.717) is 30.6 Å². The first kappa shape index (κ1) is 15.6. The zero-order valence-electron chi connectivity index (χ0n) is 12.1. The lowest BCUT2D eigenvalue weighted by Crippen LogP contribution is -2.18. The van der Waals surface area contributed by atoms with Crippen molar-refractivity contribution in [3.8, 4) is 0 Å². The molecule has 0 fully saturated rings. The van der Waals surface area contributed by atoms with E-state index in [1.807, 2.05) is 19.1 Å². The fraction of sp³-hybridized carbons (Fsp3) is 0.600. The van der Waals surface area contributed by atoms with Crippen molar-refractivity contribution in [3.63, 3.8) is 0 Å². The highest BCUT2D eigenvalue weighted by atomic mass is 16.1. The molecular weight excluding hydrogens is 238 g/mol. The molecule has 0 radical (unpaired) electrons. The number of nitrogens with one attached hydrogen (secondary N) is 1. The van der Waals surface area contributed by atoms with Gasteiger partial charge in [-0.15, -0.1) is 0 Å². The third kappa shape index (κ3) is 5.83. The number of amides is 1. The van der Waals surface area contributed by atoms with Gasteiger partial charge < -0.3 is 11.1 Å². The number of hydrogen-bond acceptors (Lipinski definition) is 3. The second kappa shape index (κ2) is 7.89. The van der Waals surface area contributed by atoms with Gasteiger partial charge in [-0.1, -0.05) is 19.9 Å². The van der Waals surface area contributed by atoms with Crippen LogP contribution in [-0.2, 0) is 4.79 Å². The van der Waals surface area contributed by atoms with Gasteiger partial charge in [0.05, 0.1) is 0 Å². The van der Waals surface area contributed by atoms with E-state index in [9.17, 15) is 4.79 Å². The van der Waals surface area contributed by atoms with Gasteiger partial charge in [-0.25, -0.2) is 4.98 Å². The summed E-state index contributed by atoms with van der Waals surface area (Å²) in [6, 6.07) is 3.76. The molecule has 106 valence electrons. The molecule has 0 aliphatic heterocycles. The lowest BCUT2D eigenvalue weighted by molar-refractivity contribution is -0.116. The Morgan fingerprint density at radius 2 is 2.11 bits per heavy atom. The topological polar surface area (TPSA) is 68.0 Å². The van der Waals surface area contributed by atoms with Crippen LogP contribution in [-0.4, -0.2) is 17.4 Å². The van der Waals surface area contributed by atoms with Crippen LogP contribution in [0.5, 0.6) is 0 Å². The lowest BCUT2D eigenvalue weighted by Gasteiger charge is -2.19. The highest BCUT2D eigenvalue weighted by Crippen LogP contribution is 2.20. The Morgan fingerprint density at radius 1 is 1.37 bits per heavy atom. The highest BCUT2D eigenvalue weighted by molar-refractivity contribution is 5.89. The van der Waals surface area contributed by atoms with Crippen molar-refractivity contribution in [1.29, 1.82) is 0 Å². The van der Waals surface area contributed by atoms with E-state index in [1.54, 1.807) is 6.20 Å². The number of rotatable bonds is 7. The van der Waals surface area contributed by atoms with Gasteiger partial charge in [0.1, 0.15) is 5.82 Å². The van der Waals surface area contributed by atoms with Crippen LogP contribution in [0.2, 0.25) is 0 Å². The first-order chi connectivity index (χ1) is 9.02. The van der Waals surface area contributed by atoms with Gasteiger partial charge in [-0.05, 0) is 49.8 Å². The Hall–Kier alpha value is -1.42. The van der Waals surface area contributed by atoms with E-state index in [0.717, 1.165) is 18.4 Å². The number of aromatic nitrogens is 1. The first-order valence-electron chi connectivity index (χ1n) is 6.95. The molecule has 4 nitrogen and oxygen atoms in total. The van der Waals surface area contributed by atoms with E-state index in [-0.39, 0.29) is 5.91 Å². The number of pyridine rings is 1. The zero-order valence-corrected chi connectivity index (χ0v) is 12.1. The molecule has 1 aromatic rings. The Bertz CT molecular complexity index is 387. The molecule has 3 N–H and O–H groups in total. The molecule has 0 aliphatic carbocycles. The van der Waals surface area contributed by atoms with Crippen molar-refractivity contribution in [2.45, 2.75) is 40.0 Å². The summed E-state index contributed by atoms with van der Waals surface area (Å²) >= 11 is 0. The monoisotopic (exact) mass is 263 g/mol. The van der Waals surface area contributed by atoms with Gasteiger partial charge in [-0.2, -0.15) is 0 Å². The van der Waals surface area contributed by atoms with Crippen LogP contribution >= 0.6 is 0 Å². The Balaban J connectivity index is 2.40. The maximum atomic E-state index is 11.8. The Morgan fingerprint density at radius 3 is 2.63 bits per heavy atom. The van der Waals surface area contributed by atoms with Crippen molar-refractivity contribution in [1.82, 2.24) is 4.98 Å². The summed E-state index contributed by atoms with van der Waals surface area (Å²) in [7, 11) is 0. The third-order valence-electron chi connectivity index (χ3n) is 3.40. The minimum Gasteiger partial charge on any atom is -0.330 e. The quantitative estimate of drug-likeness (QED) is 0.794. The third-order valence-corrected chi connectivity index (χ3v) is 3.40. The number of anilines is 1. The van der Waals surface area contributed by atoms with Crippen molar-refractivity contribution < 1.29 is 4.79 Å². The van der Waals surface area contributed by atoms with Gasteiger partial charge in [0, 0.05) is 12.6 Å². The van der Waals surface area contributed by atoms with Crippen LogP contribution in [0.4, 0.5) is 5.82 Å². The Kier molecular flexibility index (Phi) is 6.50. The standard InChI is InChI=1S/C15H25N3O/c1-11(2)13(8-9-16)5-7-15(19)18-14-6-4-12(3)10-17-14/h4,6,10-11,13H,5,7-9,16H2,1-3H3,(H,17,18,19). The number of aryl methyl sites for hydroxylation is 1. The van der Waals surface area contributed by atoms with Crippen LogP contribution in [0.1, 0.15) is 38.7 Å². The summed E-state index contributed by atoms with van der Waals surface area (Å²) in [5, 5.41) is 2.82. The maximum absolute atomic E-state index is 11.8. The second-order valence-electron chi connectivity index (χ2n) is 5.39. The van der Waals surface area contributed by atoms with Crippen molar-refractivity contribution in [3.05, 3.63) is 23.9 Å². The molecule has 1 amide bonds. The van der Waals surface area contributed by atoms with Gasteiger partial charge >= 0.3 is 0 Å². The lowest BCUT2D eigenvalue weighted by atomic mass is 9.88. The molecule has 0 spiro atoms. The van der Waals surface area contributed by atoms with E-state index < -0.39 is 0 Å². The van der Waals surface area contributed by atoms with Crippen molar-refractivity contribution >= 4 is 11.7 Å². The van der Waals surface area contributed by atoms with Gasteiger partial charge in [0.2, 0.25) is 5.91 Å². The van der Waals surface area contributed by atoms with Gasteiger partial charge in [-0.3, -0.25) is 4.79 Å². The molecule has 4 heteroatoms. The zero-order chi connectivity index (χ0) is 14.3. The van der Waals surface area contributed by atoms with Gasteiger partial charge in [0.15, 0.2) is 0 Å². The smallest absolute Gasteiger partial charge is 0.225 e. The van der Waals surface area contributed by atoms with Crippen molar-refractivity contribution in [2.75, 3.05) is 11.9 Å². The predicted molar refractivity (Wildman–Crippen MR) is 78.8 cm³/mol. The van der Waals surface area contributed by atoms with E-state index in [1.165, 1.54) is 0 Å². The highest BCUT2D eigenvalue weighted by Gasteiger charge is 2.14. The van der Waals surface area contributed by atoms with Crippen molar-refractivity contribution in [2.24, 2.45) is 17.6 Å². The number of nitrogens with zero attached hydrogens (tertiary/aromatic N) is 1. The molecular formula is C15H25N3O. The molecule has 0 aromatic carbocycles. The average molecular weight is 263 g/mol. The minimum absolute atomic E-state index is 0.0269. The van der Waals surface area contributed by atoms with E-state index in [2.05, 4.69) is 24.1 Å². The summed E-state index contributed by atoms with van der Waals surface area (Å²) in [6.45, 7) is 7.02. The van der Waals surface area contributed by atoms with Crippen LogP contribution in [0, 0.1) is 18.8 Å². The van der Waals surface area contributed by atoms with E-state index in [4.69, 9.17) is 5.73 Å². The normalized spacial score (nSPS) is 12.5. The van der Waals surface area contributed by atoms with Crippen LogP contribution < -0.4 is 11.1 Å². The summed E-state index contributed by atoms with van der Waals surface area (Å²) in [4.78, 5) is 16.0. The fourth-order valence-corrected chi connectivity index (χ4v) is 2.09. The number of carbonyl (C=O) groups excluding carboxylic acids is 1. The molecule has 1 atom stereocenters. The number of carbonyl (C=O) groups is 1. The summed E-state index contributed by atoms with van der Waals surface area (Å²) in [6.07, 6.45) is 4.14. The molecule has 0 saturated carbocycles. The van der Waals surface area contributed by atoms with E-state index >= 15 is 0 Å². The van der Waals surface area contributed by atoms with Crippen LogP contribution in [0.15, 0.2) is 18.3 Å². The SMILES string of the molecule is Cc1ccc(NC(=O)CCC(CCN)C(C)C)nc1.